The summed E-state index contributed by atoms with van der Waals surface area (Å²) in [7, 11) is 0. The minimum absolute atomic E-state index is 0.164. The Morgan fingerprint density at radius 1 is 1.56 bits per heavy atom. The fourth-order valence-corrected chi connectivity index (χ4v) is 2.56. The zero-order valence-electron chi connectivity index (χ0n) is 10.2. The van der Waals surface area contributed by atoms with Crippen LogP contribution in [0.3, 0.4) is 0 Å². The van der Waals surface area contributed by atoms with Gasteiger partial charge in [-0.3, -0.25) is 9.59 Å². The van der Waals surface area contributed by atoms with E-state index < -0.39 is 0 Å². The number of nitrogens with zero attached hydrogens (tertiary/aromatic N) is 1. The average molecular weight is 268 g/mol. The molecule has 7 heteroatoms. The summed E-state index contributed by atoms with van der Waals surface area (Å²) in [5.74, 6) is -0.371. The van der Waals surface area contributed by atoms with E-state index >= 15 is 0 Å². The van der Waals surface area contributed by atoms with Gasteiger partial charge in [0.2, 0.25) is 5.91 Å². The highest BCUT2D eigenvalue weighted by atomic mass is 32.1. The van der Waals surface area contributed by atoms with Crippen LogP contribution in [-0.4, -0.2) is 35.9 Å². The fourth-order valence-electron chi connectivity index (χ4n) is 1.82. The van der Waals surface area contributed by atoms with Crippen molar-refractivity contribution in [2.75, 3.05) is 18.4 Å². The van der Waals surface area contributed by atoms with Crippen LogP contribution in [0, 0.1) is 0 Å². The van der Waals surface area contributed by atoms with E-state index in [1.54, 1.807) is 5.38 Å². The van der Waals surface area contributed by atoms with Crippen LogP contribution in [0.4, 0.5) is 5.13 Å². The molecule has 0 radical (unpaired) electrons. The zero-order chi connectivity index (χ0) is 13.0. The Morgan fingerprint density at radius 2 is 2.39 bits per heavy atom. The number of carbonyl (C=O) groups excluding carboxylic acids is 2. The molecular weight excluding hydrogens is 252 g/mol. The summed E-state index contributed by atoms with van der Waals surface area (Å²) in [6.07, 6.45) is 2.06. The Hall–Kier alpha value is -1.47. The average Bonchev–Trinajstić information content (AvgIpc) is 2.78. The van der Waals surface area contributed by atoms with Crippen molar-refractivity contribution in [3.8, 4) is 0 Å². The van der Waals surface area contributed by atoms with Crippen molar-refractivity contribution in [1.29, 1.82) is 0 Å². The maximum Gasteiger partial charge on any atom is 0.271 e. The number of anilines is 1. The fraction of sp³-hybridized carbons (Fsp3) is 0.545. The molecule has 1 aromatic heterocycles. The third-order valence-corrected chi connectivity index (χ3v) is 3.41. The third-order valence-electron chi connectivity index (χ3n) is 2.65. The molecule has 0 unspecified atom stereocenters. The molecule has 1 aliphatic rings. The minimum atomic E-state index is -0.187. The van der Waals surface area contributed by atoms with Crippen molar-refractivity contribution >= 4 is 28.3 Å². The molecule has 1 saturated heterocycles. The second-order valence-corrected chi connectivity index (χ2v) is 5.09. The topological polar surface area (TPSA) is 83.1 Å². The van der Waals surface area contributed by atoms with Crippen molar-refractivity contribution in [1.82, 2.24) is 15.6 Å². The quantitative estimate of drug-likeness (QED) is 0.749. The van der Waals surface area contributed by atoms with Crippen LogP contribution in [0.25, 0.3) is 0 Å². The van der Waals surface area contributed by atoms with Gasteiger partial charge in [0, 0.05) is 24.9 Å². The number of hydrogen-bond donors (Lipinski definition) is 3. The molecule has 1 atom stereocenters. The van der Waals surface area contributed by atoms with Crippen molar-refractivity contribution in [2.45, 2.75) is 25.8 Å². The molecule has 1 aromatic rings. The van der Waals surface area contributed by atoms with E-state index in [0.29, 0.717) is 10.8 Å². The Balaban J connectivity index is 1.91. The van der Waals surface area contributed by atoms with Crippen molar-refractivity contribution in [3.63, 3.8) is 0 Å². The first-order valence-electron chi connectivity index (χ1n) is 5.90. The summed E-state index contributed by atoms with van der Waals surface area (Å²) in [6.45, 7) is 3.22. The van der Waals surface area contributed by atoms with Gasteiger partial charge in [0.15, 0.2) is 5.13 Å². The highest BCUT2D eigenvalue weighted by molar-refractivity contribution is 7.14. The molecule has 2 amide bonds. The second-order valence-electron chi connectivity index (χ2n) is 4.24. The lowest BCUT2D eigenvalue weighted by molar-refractivity contribution is -0.114. The molecule has 0 aromatic carbocycles. The van der Waals surface area contributed by atoms with Gasteiger partial charge < -0.3 is 16.0 Å². The standard InChI is InChI=1S/C11H16N4O2S/c1-7(16)13-11-15-9(6-18-11)10(17)14-8-3-2-4-12-5-8/h6,8,12H,2-5H2,1H3,(H,14,17)(H,13,15,16)/t8-/m0/s1. The van der Waals surface area contributed by atoms with E-state index in [1.807, 2.05) is 0 Å². The Morgan fingerprint density at radius 3 is 3.06 bits per heavy atom. The van der Waals surface area contributed by atoms with Crippen LogP contribution in [-0.2, 0) is 4.79 Å². The number of aromatic nitrogens is 1. The largest absolute Gasteiger partial charge is 0.347 e. The van der Waals surface area contributed by atoms with Gasteiger partial charge >= 0.3 is 0 Å². The number of piperidine rings is 1. The SMILES string of the molecule is CC(=O)Nc1nc(C(=O)N[C@H]2CCCNC2)cs1. The lowest BCUT2D eigenvalue weighted by Crippen LogP contribution is -2.45. The molecule has 0 aliphatic carbocycles. The summed E-state index contributed by atoms with van der Waals surface area (Å²) in [5, 5.41) is 10.8. The zero-order valence-corrected chi connectivity index (χ0v) is 11.0. The summed E-state index contributed by atoms with van der Waals surface area (Å²) in [5.41, 5.74) is 0.356. The molecule has 2 heterocycles. The first kappa shape index (κ1) is 13.0. The van der Waals surface area contributed by atoms with E-state index in [4.69, 9.17) is 0 Å². The number of amides is 2. The molecule has 0 saturated carbocycles. The molecule has 0 spiro atoms. The van der Waals surface area contributed by atoms with Crippen LogP contribution in [0.1, 0.15) is 30.3 Å². The third kappa shape index (κ3) is 3.51. The van der Waals surface area contributed by atoms with Gasteiger partial charge in [0.05, 0.1) is 0 Å². The Bertz CT molecular complexity index is 440. The van der Waals surface area contributed by atoms with Crippen LogP contribution < -0.4 is 16.0 Å². The van der Waals surface area contributed by atoms with Gasteiger partial charge in [0.1, 0.15) is 5.69 Å². The second kappa shape index (κ2) is 5.92. The Labute approximate surface area is 109 Å². The first-order valence-corrected chi connectivity index (χ1v) is 6.78. The number of hydrogen-bond acceptors (Lipinski definition) is 5. The van der Waals surface area contributed by atoms with Gasteiger partial charge in [0.25, 0.3) is 5.91 Å². The number of carbonyl (C=O) groups is 2. The van der Waals surface area contributed by atoms with Crippen LogP contribution in [0.15, 0.2) is 5.38 Å². The number of rotatable bonds is 3. The highest BCUT2D eigenvalue weighted by Crippen LogP contribution is 2.15. The van der Waals surface area contributed by atoms with Crippen molar-refractivity contribution in [3.05, 3.63) is 11.1 Å². The van der Waals surface area contributed by atoms with E-state index in [0.717, 1.165) is 25.9 Å². The van der Waals surface area contributed by atoms with E-state index in [-0.39, 0.29) is 17.9 Å². The molecule has 3 N–H and O–H groups in total. The smallest absolute Gasteiger partial charge is 0.271 e. The summed E-state index contributed by atoms with van der Waals surface area (Å²) in [6, 6.07) is 0.164. The van der Waals surface area contributed by atoms with E-state index in [1.165, 1.54) is 18.3 Å². The van der Waals surface area contributed by atoms with Gasteiger partial charge in [-0.15, -0.1) is 11.3 Å². The molecule has 2 rings (SSSR count). The monoisotopic (exact) mass is 268 g/mol. The number of nitrogens with one attached hydrogen (secondary N) is 3. The molecule has 1 aliphatic heterocycles. The molecule has 0 bridgehead atoms. The Kier molecular flexibility index (Phi) is 4.27. The molecule has 18 heavy (non-hydrogen) atoms. The summed E-state index contributed by atoms with van der Waals surface area (Å²) >= 11 is 1.25. The predicted molar refractivity (Wildman–Crippen MR) is 69.8 cm³/mol. The molecule has 1 fully saturated rings. The lowest BCUT2D eigenvalue weighted by Gasteiger charge is -2.23. The van der Waals surface area contributed by atoms with Crippen molar-refractivity contribution in [2.24, 2.45) is 0 Å². The maximum absolute atomic E-state index is 11.9. The van der Waals surface area contributed by atoms with Crippen LogP contribution in [0.2, 0.25) is 0 Å². The normalized spacial score (nSPS) is 19.3. The highest BCUT2D eigenvalue weighted by Gasteiger charge is 2.18. The van der Waals surface area contributed by atoms with Gasteiger partial charge in [-0.05, 0) is 19.4 Å². The number of thiazole rings is 1. The lowest BCUT2D eigenvalue weighted by atomic mass is 10.1. The van der Waals surface area contributed by atoms with E-state index in [2.05, 4.69) is 20.9 Å². The van der Waals surface area contributed by atoms with Crippen molar-refractivity contribution < 1.29 is 9.59 Å². The van der Waals surface area contributed by atoms with Gasteiger partial charge in [-0.1, -0.05) is 0 Å². The maximum atomic E-state index is 11.9. The van der Waals surface area contributed by atoms with Gasteiger partial charge in [-0.25, -0.2) is 4.98 Å². The molecular formula is C11H16N4O2S. The van der Waals surface area contributed by atoms with Crippen LogP contribution >= 0.6 is 11.3 Å². The summed E-state index contributed by atoms with van der Waals surface area (Å²) in [4.78, 5) is 26.8. The van der Waals surface area contributed by atoms with Gasteiger partial charge in [-0.2, -0.15) is 0 Å². The molecule has 6 nitrogen and oxygen atoms in total. The predicted octanol–water partition coefficient (Wildman–Crippen LogP) is 0.583. The summed E-state index contributed by atoms with van der Waals surface area (Å²) < 4.78 is 0. The molecule has 98 valence electrons. The van der Waals surface area contributed by atoms with Crippen LogP contribution in [0.5, 0.6) is 0 Å². The minimum Gasteiger partial charge on any atom is -0.347 e. The first-order chi connectivity index (χ1) is 8.65. The van der Waals surface area contributed by atoms with E-state index in [9.17, 15) is 9.59 Å².